The Labute approximate surface area is 114 Å². The Kier molecular flexibility index (Phi) is 3.38. The number of rotatable bonds is 5. The summed E-state index contributed by atoms with van der Waals surface area (Å²) >= 11 is 0. The largest absolute Gasteiger partial charge is 0.308 e. The van der Waals surface area contributed by atoms with E-state index in [9.17, 15) is 0 Å². The molecule has 1 aromatic heterocycles. The molecule has 1 heterocycles. The maximum Gasteiger partial charge on any atom is 0.0638 e. The molecule has 1 N–H and O–H groups in total. The monoisotopic (exact) mass is 255 g/mol. The predicted octanol–water partition coefficient (Wildman–Crippen LogP) is 2.90. The van der Waals surface area contributed by atoms with E-state index in [1.165, 1.54) is 29.5 Å². The smallest absolute Gasteiger partial charge is 0.0638 e. The lowest BCUT2D eigenvalue weighted by molar-refractivity contribution is 0.685. The Hall–Kier alpha value is -1.61. The summed E-state index contributed by atoms with van der Waals surface area (Å²) in [6.07, 6.45) is 4.81. The SMILES string of the molecule is Cc1nn(C)cc1CNCc1ccccc1C1CC1. The number of hydrogen-bond donors (Lipinski definition) is 1. The molecule has 19 heavy (non-hydrogen) atoms. The van der Waals surface area contributed by atoms with E-state index in [1.807, 2.05) is 11.7 Å². The van der Waals surface area contributed by atoms with Crippen molar-refractivity contribution in [2.75, 3.05) is 0 Å². The zero-order valence-electron chi connectivity index (χ0n) is 11.7. The van der Waals surface area contributed by atoms with Crippen LogP contribution in [0.1, 0.15) is 41.1 Å². The van der Waals surface area contributed by atoms with Crippen molar-refractivity contribution in [3.8, 4) is 0 Å². The van der Waals surface area contributed by atoms with E-state index in [1.54, 1.807) is 0 Å². The first-order valence-electron chi connectivity index (χ1n) is 7.01. The average molecular weight is 255 g/mol. The zero-order chi connectivity index (χ0) is 13.2. The van der Waals surface area contributed by atoms with Crippen LogP contribution >= 0.6 is 0 Å². The van der Waals surface area contributed by atoms with Gasteiger partial charge in [0, 0.05) is 31.9 Å². The second-order valence-corrected chi connectivity index (χ2v) is 5.49. The van der Waals surface area contributed by atoms with Gasteiger partial charge in [-0.25, -0.2) is 0 Å². The topological polar surface area (TPSA) is 29.9 Å². The fraction of sp³-hybridized carbons (Fsp3) is 0.438. The molecule has 0 saturated heterocycles. The average Bonchev–Trinajstić information content (AvgIpc) is 3.17. The molecule has 0 amide bonds. The van der Waals surface area contributed by atoms with Crippen molar-refractivity contribution in [3.05, 3.63) is 52.8 Å². The van der Waals surface area contributed by atoms with Crippen LogP contribution in [0.15, 0.2) is 30.5 Å². The number of aryl methyl sites for hydroxylation is 2. The summed E-state index contributed by atoms with van der Waals surface area (Å²) in [6.45, 7) is 3.90. The predicted molar refractivity (Wildman–Crippen MR) is 76.9 cm³/mol. The lowest BCUT2D eigenvalue weighted by atomic mass is 10.0. The third-order valence-corrected chi connectivity index (χ3v) is 3.82. The van der Waals surface area contributed by atoms with Gasteiger partial charge in [0.25, 0.3) is 0 Å². The summed E-state index contributed by atoms with van der Waals surface area (Å²) in [5.74, 6) is 0.818. The maximum atomic E-state index is 4.37. The molecule has 0 spiro atoms. The molecular weight excluding hydrogens is 234 g/mol. The Morgan fingerprint density at radius 3 is 2.63 bits per heavy atom. The highest BCUT2D eigenvalue weighted by molar-refractivity contribution is 5.33. The lowest BCUT2D eigenvalue weighted by Gasteiger charge is -2.09. The molecule has 3 rings (SSSR count). The zero-order valence-corrected chi connectivity index (χ0v) is 11.7. The van der Waals surface area contributed by atoms with Gasteiger partial charge in [0.05, 0.1) is 5.69 Å². The Morgan fingerprint density at radius 1 is 1.21 bits per heavy atom. The summed E-state index contributed by atoms with van der Waals surface area (Å²) in [5, 5.41) is 7.91. The van der Waals surface area contributed by atoms with Gasteiger partial charge < -0.3 is 5.32 Å². The van der Waals surface area contributed by atoms with Crippen LogP contribution in [0.3, 0.4) is 0 Å². The van der Waals surface area contributed by atoms with Gasteiger partial charge in [-0.05, 0) is 36.8 Å². The molecule has 1 saturated carbocycles. The molecule has 1 aliphatic rings. The quantitative estimate of drug-likeness (QED) is 0.890. The minimum atomic E-state index is 0.818. The highest BCUT2D eigenvalue weighted by Gasteiger charge is 2.25. The molecule has 2 aromatic rings. The molecule has 0 radical (unpaired) electrons. The van der Waals surface area contributed by atoms with Gasteiger partial charge in [0.15, 0.2) is 0 Å². The number of benzene rings is 1. The number of nitrogens with one attached hydrogen (secondary N) is 1. The van der Waals surface area contributed by atoms with Crippen molar-refractivity contribution in [1.82, 2.24) is 15.1 Å². The van der Waals surface area contributed by atoms with Crippen LogP contribution in [-0.2, 0) is 20.1 Å². The lowest BCUT2D eigenvalue weighted by Crippen LogP contribution is -2.14. The first-order chi connectivity index (χ1) is 9.24. The molecule has 100 valence electrons. The summed E-state index contributed by atoms with van der Waals surface area (Å²) < 4.78 is 1.88. The van der Waals surface area contributed by atoms with Crippen LogP contribution in [0, 0.1) is 6.92 Å². The van der Waals surface area contributed by atoms with E-state index in [0.717, 1.165) is 24.7 Å². The fourth-order valence-corrected chi connectivity index (χ4v) is 2.64. The molecule has 0 bridgehead atoms. The van der Waals surface area contributed by atoms with Crippen molar-refractivity contribution < 1.29 is 0 Å². The van der Waals surface area contributed by atoms with Gasteiger partial charge in [-0.2, -0.15) is 5.10 Å². The van der Waals surface area contributed by atoms with Crippen LogP contribution in [-0.4, -0.2) is 9.78 Å². The van der Waals surface area contributed by atoms with Crippen molar-refractivity contribution in [2.24, 2.45) is 7.05 Å². The molecule has 0 aliphatic heterocycles. The summed E-state index contributed by atoms with van der Waals surface area (Å²) in [6, 6.07) is 8.82. The number of aromatic nitrogens is 2. The van der Waals surface area contributed by atoms with Crippen LogP contribution in [0.2, 0.25) is 0 Å². The van der Waals surface area contributed by atoms with Gasteiger partial charge in [-0.3, -0.25) is 4.68 Å². The second kappa shape index (κ2) is 5.17. The molecule has 3 heteroatoms. The van der Waals surface area contributed by atoms with E-state index in [0.29, 0.717) is 0 Å². The molecule has 1 aliphatic carbocycles. The summed E-state index contributed by atoms with van der Waals surface area (Å²) in [4.78, 5) is 0. The molecule has 1 aromatic carbocycles. The van der Waals surface area contributed by atoms with Crippen LogP contribution in [0.4, 0.5) is 0 Å². The van der Waals surface area contributed by atoms with Gasteiger partial charge >= 0.3 is 0 Å². The van der Waals surface area contributed by atoms with Crippen LogP contribution in [0.25, 0.3) is 0 Å². The minimum Gasteiger partial charge on any atom is -0.308 e. The van der Waals surface area contributed by atoms with Crippen LogP contribution < -0.4 is 5.32 Å². The Balaban J connectivity index is 1.62. The maximum absolute atomic E-state index is 4.37. The third kappa shape index (κ3) is 2.87. The van der Waals surface area contributed by atoms with Crippen LogP contribution in [0.5, 0.6) is 0 Å². The summed E-state index contributed by atoms with van der Waals surface area (Å²) in [7, 11) is 1.97. The van der Waals surface area contributed by atoms with Gasteiger partial charge in [-0.15, -0.1) is 0 Å². The van der Waals surface area contributed by atoms with Crippen molar-refractivity contribution >= 4 is 0 Å². The molecule has 0 atom stereocenters. The van der Waals surface area contributed by atoms with E-state index < -0.39 is 0 Å². The Bertz CT molecular complexity index is 567. The van der Waals surface area contributed by atoms with E-state index in [-0.39, 0.29) is 0 Å². The molecule has 0 unspecified atom stereocenters. The van der Waals surface area contributed by atoms with E-state index in [2.05, 4.69) is 47.8 Å². The van der Waals surface area contributed by atoms with Gasteiger partial charge in [0.2, 0.25) is 0 Å². The van der Waals surface area contributed by atoms with E-state index in [4.69, 9.17) is 0 Å². The first-order valence-corrected chi connectivity index (χ1v) is 7.01. The van der Waals surface area contributed by atoms with Gasteiger partial charge in [0.1, 0.15) is 0 Å². The first kappa shape index (κ1) is 12.4. The molecule has 3 nitrogen and oxygen atoms in total. The second-order valence-electron chi connectivity index (χ2n) is 5.49. The standard InChI is InChI=1S/C16H21N3/c1-12-15(11-19(2)18-12)10-17-9-14-5-3-4-6-16(14)13-7-8-13/h3-6,11,13,17H,7-10H2,1-2H3. The summed E-state index contributed by atoms with van der Waals surface area (Å²) in [5.41, 5.74) is 5.39. The number of hydrogen-bond acceptors (Lipinski definition) is 2. The normalized spacial score (nSPS) is 14.8. The Morgan fingerprint density at radius 2 is 1.95 bits per heavy atom. The molecule has 1 fully saturated rings. The van der Waals surface area contributed by atoms with Gasteiger partial charge in [-0.1, -0.05) is 24.3 Å². The van der Waals surface area contributed by atoms with Crippen molar-refractivity contribution in [2.45, 2.75) is 38.8 Å². The van der Waals surface area contributed by atoms with Crippen molar-refractivity contribution in [1.29, 1.82) is 0 Å². The third-order valence-electron chi connectivity index (χ3n) is 3.82. The molecular formula is C16H21N3. The minimum absolute atomic E-state index is 0.818. The number of nitrogens with zero attached hydrogens (tertiary/aromatic N) is 2. The van der Waals surface area contributed by atoms with Crippen molar-refractivity contribution in [3.63, 3.8) is 0 Å². The fourth-order valence-electron chi connectivity index (χ4n) is 2.64. The van der Waals surface area contributed by atoms with E-state index >= 15 is 0 Å². The highest BCUT2D eigenvalue weighted by Crippen LogP contribution is 2.41. The highest BCUT2D eigenvalue weighted by atomic mass is 15.2.